The van der Waals surface area contributed by atoms with Crippen LogP contribution in [0, 0.1) is 5.41 Å². The van der Waals surface area contributed by atoms with Crippen LogP contribution < -0.4 is 0 Å². The van der Waals surface area contributed by atoms with Crippen molar-refractivity contribution in [1.82, 2.24) is 0 Å². The summed E-state index contributed by atoms with van der Waals surface area (Å²) in [5.74, 6) is -0.0911. The zero-order chi connectivity index (χ0) is 18.8. The first kappa shape index (κ1) is 23.9. The van der Waals surface area contributed by atoms with Gasteiger partial charge in [0.05, 0.1) is 12.0 Å². The molecule has 0 heterocycles. The van der Waals surface area contributed by atoms with Gasteiger partial charge < -0.3 is 4.74 Å². The van der Waals surface area contributed by atoms with Crippen molar-refractivity contribution in [2.75, 3.05) is 6.61 Å². The molecule has 0 fully saturated rings. The van der Waals surface area contributed by atoms with Crippen LogP contribution in [-0.2, 0) is 9.53 Å². The number of unbranched alkanes of at least 4 members (excludes halogenated alkanes) is 10. The maximum Gasteiger partial charge on any atom is 0.311 e. The van der Waals surface area contributed by atoms with E-state index in [2.05, 4.69) is 31.2 Å². The smallest absolute Gasteiger partial charge is 0.311 e. The fourth-order valence-corrected chi connectivity index (χ4v) is 2.49. The van der Waals surface area contributed by atoms with Gasteiger partial charge in [-0.3, -0.25) is 4.79 Å². The van der Waals surface area contributed by atoms with E-state index >= 15 is 0 Å². The second-order valence-corrected chi connectivity index (χ2v) is 8.00. The van der Waals surface area contributed by atoms with Crippen molar-refractivity contribution in [3.8, 4) is 0 Å². The van der Waals surface area contributed by atoms with Crippen molar-refractivity contribution in [2.24, 2.45) is 5.41 Å². The fourth-order valence-electron chi connectivity index (χ4n) is 2.49. The molecule has 0 N–H and O–H groups in total. The highest BCUT2D eigenvalue weighted by Gasteiger charge is 2.22. The van der Waals surface area contributed by atoms with Crippen LogP contribution in [0.1, 0.15) is 105 Å². The lowest BCUT2D eigenvalue weighted by molar-refractivity contribution is -0.153. The first-order valence-electron chi connectivity index (χ1n) is 10.5. The molecule has 0 saturated carbocycles. The van der Waals surface area contributed by atoms with Gasteiger partial charge in [0.15, 0.2) is 0 Å². The Hall–Kier alpha value is -1.05. The van der Waals surface area contributed by atoms with Crippen molar-refractivity contribution < 1.29 is 9.53 Å². The van der Waals surface area contributed by atoms with E-state index in [0.717, 1.165) is 12.8 Å². The summed E-state index contributed by atoms with van der Waals surface area (Å²) in [5.41, 5.74) is -0.379. The van der Waals surface area contributed by atoms with Gasteiger partial charge in [0.25, 0.3) is 0 Å². The van der Waals surface area contributed by atoms with Crippen LogP contribution in [0.15, 0.2) is 24.3 Å². The Bertz CT molecular complexity index is 361. The summed E-state index contributed by atoms with van der Waals surface area (Å²) in [6.45, 7) is 8.51. The van der Waals surface area contributed by atoms with Gasteiger partial charge in [-0.15, -0.1) is 0 Å². The highest BCUT2D eigenvalue weighted by Crippen LogP contribution is 2.15. The second kappa shape index (κ2) is 16.4. The van der Waals surface area contributed by atoms with Gasteiger partial charge in [0.1, 0.15) is 0 Å². The molecule has 2 nitrogen and oxygen atoms in total. The zero-order valence-electron chi connectivity index (χ0n) is 17.3. The van der Waals surface area contributed by atoms with E-state index in [0.29, 0.717) is 6.61 Å². The van der Waals surface area contributed by atoms with E-state index in [1.54, 1.807) is 0 Å². The number of carbonyl (C=O) groups is 1. The van der Waals surface area contributed by atoms with Gasteiger partial charge in [-0.25, -0.2) is 0 Å². The Morgan fingerprint density at radius 2 is 1.24 bits per heavy atom. The Morgan fingerprint density at radius 3 is 1.76 bits per heavy atom. The number of allylic oxidation sites excluding steroid dienone is 4. The van der Waals surface area contributed by atoms with Crippen molar-refractivity contribution in [3.63, 3.8) is 0 Å². The van der Waals surface area contributed by atoms with Crippen molar-refractivity contribution in [2.45, 2.75) is 105 Å². The second-order valence-electron chi connectivity index (χ2n) is 8.00. The Morgan fingerprint density at radius 1 is 0.760 bits per heavy atom. The summed E-state index contributed by atoms with van der Waals surface area (Å²) >= 11 is 0. The number of rotatable bonds is 15. The molecule has 0 aliphatic rings. The standard InChI is InChI=1S/C23H42O2/c1-5-6-7-8-9-10-11-12-13-14-15-16-17-18-19-20-21-25-22(24)23(2,3)4/h11-14H,5-10,15-21H2,1-4H3/b12-11+,14-13+. The molecule has 0 spiro atoms. The quantitative estimate of drug-likeness (QED) is 0.175. The summed E-state index contributed by atoms with van der Waals surface area (Å²) in [4.78, 5) is 11.6. The van der Waals surface area contributed by atoms with Crippen LogP contribution in [0.2, 0.25) is 0 Å². The van der Waals surface area contributed by atoms with Crippen LogP contribution >= 0.6 is 0 Å². The number of esters is 1. The lowest BCUT2D eigenvalue weighted by atomic mass is 9.97. The fraction of sp³-hybridized carbons (Fsp3) is 0.783. The van der Waals surface area contributed by atoms with Crippen LogP contribution in [-0.4, -0.2) is 12.6 Å². The van der Waals surface area contributed by atoms with Gasteiger partial charge in [0, 0.05) is 0 Å². The zero-order valence-corrected chi connectivity index (χ0v) is 17.3. The molecule has 0 bridgehead atoms. The lowest BCUT2D eigenvalue weighted by Crippen LogP contribution is -2.23. The number of carbonyl (C=O) groups excluding carboxylic acids is 1. The molecule has 0 aliphatic carbocycles. The number of ether oxygens (including phenoxy) is 1. The largest absolute Gasteiger partial charge is 0.465 e. The maximum absolute atomic E-state index is 11.6. The van der Waals surface area contributed by atoms with Gasteiger partial charge in [-0.2, -0.15) is 0 Å². The van der Waals surface area contributed by atoms with Crippen LogP contribution in [0.3, 0.4) is 0 Å². The predicted molar refractivity (Wildman–Crippen MR) is 110 cm³/mol. The van der Waals surface area contributed by atoms with Crippen LogP contribution in [0.4, 0.5) is 0 Å². The molecule has 0 aromatic carbocycles. The molecular formula is C23H42O2. The molecule has 0 aromatic rings. The van der Waals surface area contributed by atoms with E-state index in [9.17, 15) is 4.79 Å². The topological polar surface area (TPSA) is 26.3 Å². The summed E-state index contributed by atoms with van der Waals surface area (Å²) in [6.07, 6.45) is 24.0. The highest BCUT2D eigenvalue weighted by atomic mass is 16.5. The predicted octanol–water partition coefficient (Wildman–Crippen LogP) is 7.39. The third-order valence-electron chi connectivity index (χ3n) is 4.22. The van der Waals surface area contributed by atoms with E-state index < -0.39 is 0 Å². The average molecular weight is 351 g/mol. The van der Waals surface area contributed by atoms with Crippen LogP contribution in [0.5, 0.6) is 0 Å². The summed E-state index contributed by atoms with van der Waals surface area (Å²) in [5, 5.41) is 0. The van der Waals surface area contributed by atoms with Gasteiger partial charge >= 0.3 is 5.97 Å². The summed E-state index contributed by atoms with van der Waals surface area (Å²) in [7, 11) is 0. The normalized spacial score (nSPS) is 12.3. The summed E-state index contributed by atoms with van der Waals surface area (Å²) in [6, 6.07) is 0. The molecule has 0 amide bonds. The third kappa shape index (κ3) is 17.6. The molecule has 25 heavy (non-hydrogen) atoms. The number of hydrogen-bond donors (Lipinski definition) is 0. The van der Waals surface area contributed by atoms with Gasteiger partial charge in [0.2, 0.25) is 0 Å². The monoisotopic (exact) mass is 350 g/mol. The molecule has 0 radical (unpaired) electrons. The van der Waals surface area contributed by atoms with E-state index in [4.69, 9.17) is 4.74 Å². The molecule has 0 unspecified atom stereocenters. The molecule has 0 saturated heterocycles. The molecule has 146 valence electrons. The lowest BCUT2D eigenvalue weighted by Gasteiger charge is -2.16. The first-order chi connectivity index (χ1) is 12.0. The summed E-state index contributed by atoms with van der Waals surface area (Å²) < 4.78 is 5.27. The molecular weight excluding hydrogens is 308 g/mol. The van der Waals surface area contributed by atoms with Crippen LogP contribution in [0.25, 0.3) is 0 Å². The highest BCUT2D eigenvalue weighted by molar-refractivity contribution is 5.75. The minimum atomic E-state index is -0.379. The van der Waals surface area contributed by atoms with Gasteiger partial charge in [-0.1, -0.05) is 76.2 Å². The first-order valence-corrected chi connectivity index (χ1v) is 10.5. The SMILES string of the molecule is CCCCCCC/C=C/C=C/CCCCCCCOC(=O)C(C)(C)C. The van der Waals surface area contributed by atoms with E-state index in [1.165, 1.54) is 64.2 Å². The van der Waals surface area contributed by atoms with E-state index in [-0.39, 0.29) is 11.4 Å². The number of hydrogen-bond acceptors (Lipinski definition) is 2. The van der Waals surface area contributed by atoms with Crippen molar-refractivity contribution in [3.05, 3.63) is 24.3 Å². The van der Waals surface area contributed by atoms with E-state index in [1.807, 2.05) is 20.8 Å². The molecule has 0 atom stereocenters. The third-order valence-corrected chi connectivity index (χ3v) is 4.22. The Labute approximate surface area is 157 Å². The molecule has 0 rings (SSSR count). The van der Waals surface area contributed by atoms with Crippen molar-refractivity contribution >= 4 is 5.97 Å². The average Bonchev–Trinajstić information content (AvgIpc) is 2.56. The van der Waals surface area contributed by atoms with Crippen molar-refractivity contribution in [1.29, 1.82) is 0 Å². The Kier molecular flexibility index (Phi) is 15.7. The maximum atomic E-state index is 11.6. The minimum Gasteiger partial charge on any atom is -0.465 e. The molecule has 2 heteroatoms. The molecule has 0 aromatic heterocycles. The van der Waals surface area contributed by atoms with Gasteiger partial charge in [-0.05, 0) is 52.9 Å². The Balaban J connectivity index is 3.31. The minimum absolute atomic E-state index is 0.0911. The molecule has 0 aliphatic heterocycles.